The van der Waals surface area contributed by atoms with Crippen LogP contribution in [0.25, 0.3) is 6.08 Å². The highest BCUT2D eigenvalue weighted by molar-refractivity contribution is 6.30. The molecule has 0 saturated heterocycles. The van der Waals surface area contributed by atoms with Crippen molar-refractivity contribution in [3.05, 3.63) is 99.5 Å². The lowest BCUT2D eigenvalue weighted by molar-refractivity contribution is 0.0873. The van der Waals surface area contributed by atoms with Gasteiger partial charge in [0.25, 0.3) is 0 Å². The van der Waals surface area contributed by atoms with Crippen LogP contribution in [-0.4, -0.2) is 17.4 Å². The minimum atomic E-state index is -0.365. The maximum atomic E-state index is 13.5. The van der Waals surface area contributed by atoms with Gasteiger partial charge in [-0.05, 0) is 53.6 Å². The number of benzene rings is 3. The van der Waals surface area contributed by atoms with Crippen LogP contribution < -0.4 is 9.47 Å². The molecule has 6 heteroatoms. The van der Waals surface area contributed by atoms with Gasteiger partial charge in [-0.1, -0.05) is 35.9 Å². The van der Waals surface area contributed by atoms with Crippen LogP contribution in [0.3, 0.4) is 0 Å². The average Bonchev–Trinajstić information content (AvgIpc) is 3.06. The number of carbonyl (C=O) groups excluding carboxylic acids is 1. The molecule has 0 saturated carbocycles. The number of rotatable bonds is 3. The molecule has 3 aromatic carbocycles. The lowest BCUT2D eigenvalue weighted by Gasteiger charge is -2.29. The zero-order chi connectivity index (χ0) is 20.7. The third-order valence-corrected chi connectivity index (χ3v) is 5.40. The molecule has 150 valence electrons. The fraction of sp³-hybridized carbons (Fsp3) is 0.125. The number of carbonyl (C=O) groups is 1. The van der Waals surface area contributed by atoms with Crippen molar-refractivity contribution < 1.29 is 18.7 Å². The minimum absolute atomic E-state index is 0.179. The summed E-state index contributed by atoms with van der Waals surface area (Å²) >= 11 is 5.97. The summed E-state index contributed by atoms with van der Waals surface area (Å²) in [5.74, 6) is 0.823. The first kappa shape index (κ1) is 18.9. The molecule has 0 N–H and O–H groups in total. The van der Waals surface area contributed by atoms with Gasteiger partial charge in [-0.3, -0.25) is 9.69 Å². The fourth-order valence-corrected chi connectivity index (χ4v) is 3.83. The number of allylic oxidation sites excluding steroid dienone is 1. The molecule has 2 aliphatic rings. The first-order valence-corrected chi connectivity index (χ1v) is 9.90. The Morgan fingerprint density at radius 2 is 1.93 bits per heavy atom. The number of hydrogen-bond acceptors (Lipinski definition) is 4. The highest BCUT2D eigenvalue weighted by Crippen LogP contribution is 2.42. The molecule has 0 spiro atoms. The predicted molar refractivity (Wildman–Crippen MR) is 112 cm³/mol. The maximum absolute atomic E-state index is 13.5. The molecule has 0 unspecified atom stereocenters. The molecule has 0 amide bonds. The number of ketones is 1. The molecule has 0 aliphatic carbocycles. The molecular formula is C24H17ClFNO3. The van der Waals surface area contributed by atoms with Crippen molar-refractivity contribution in [2.45, 2.75) is 13.1 Å². The van der Waals surface area contributed by atoms with Crippen LogP contribution in [0.5, 0.6) is 11.5 Å². The van der Waals surface area contributed by atoms with Crippen LogP contribution in [0.2, 0.25) is 5.02 Å². The highest BCUT2D eigenvalue weighted by atomic mass is 35.5. The van der Waals surface area contributed by atoms with Crippen LogP contribution in [0.1, 0.15) is 27.0 Å². The summed E-state index contributed by atoms with van der Waals surface area (Å²) in [5, 5.41) is 0.696. The summed E-state index contributed by atoms with van der Waals surface area (Å²) in [4.78, 5) is 14.9. The normalized spacial score (nSPS) is 16.7. The molecule has 2 aliphatic heterocycles. The molecule has 2 heterocycles. The van der Waals surface area contributed by atoms with Crippen molar-refractivity contribution in [3.63, 3.8) is 0 Å². The van der Waals surface area contributed by atoms with Gasteiger partial charge in [0, 0.05) is 18.1 Å². The number of halogens is 2. The lowest BCUT2D eigenvalue weighted by atomic mass is 10.0. The Bertz CT molecular complexity index is 1170. The van der Waals surface area contributed by atoms with E-state index in [0.717, 1.165) is 11.1 Å². The molecule has 4 nitrogen and oxygen atoms in total. The summed E-state index contributed by atoms with van der Waals surface area (Å²) in [6.07, 6.45) is 1.56. The number of fused-ring (bicyclic) bond motifs is 3. The third kappa shape index (κ3) is 3.58. The SMILES string of the molecule is O=C1/C(=C/c2cccc(F)c2)Oc2c1ccc1c2CN(Cc2ccc(Cl)cc2)CO1. The van der Waals surface area contributed by atoms with Crippen LogP contribution in [0.4, 0.5) is 4.39 Å². The molecule has 0 bridgehead atoms. The second-order valence-corrected chi connectivity index (χ2v) is 7.74. The Labute approximate surface area is 178 Å². The molecular weight excluding hydrogens is 405 g/mol. The van der Waals surface area contributed by atoms with Gasteiger partial charge in [-0.25, -0.2) is 4.39 Å². The number of hydrogen-bond donors (Lipinski definition) is 0. The Kier molecular flexibility index (Phi) is 4.77. The van der Waals surface area contributed by atoms with E-state index in [1.165, 1.54) is 12.1 Å². The number of Topliss-reactive ketones (excluding diaryl/α,β-unsaturated/α-hetero) is 1. The quantitative estimate of drug-likeness (QED) is 0.527. The standard InChI is InChI=1S/C24H17ClFNO3/c25-17-6-4-15(5-7-17)12-27-13-20-21(29-14-27)9-8-19-23(28)22(30-24(19)20)11-16-2-1-3-18(26)10-16/h1-11H,12-14H2/b22-11-. The van der Waals surface area contributed by atoms with E-state index in [1.54, 1.807) is 30.3 Å². The minimum Gasteiger partial charge on any atom is -0.478 e. The van der Waals surface area contributed by atoms with E-state index >= 15 is 0 Å². The van der Waals surface area contributed by atoms with E-state index in [1.807, 2.05) is 24.3 Å². The van der Waals surface area contributed by atoms with Gasteiger partial charge in [-0.15, -0.1) is 0 Å². The van der Waals surface area contributed by atoms with Gasteiger partial charge in [0.05, 0.1) is 11.1 Å². The van der Waals surface area contributed by atoms with E-state index in [9.17, 15) is 9.18 Å². The lowest BCUT2D eigenvalue weighted by Crippen LogP contribution is -2.31. The summed E-state index contributed by atoms with van der Waals surface area (Å²) in [5.41, 5.74) is 3.01. The van der Waals surface area contributed by atoms with Gasteiger partial charge in [0.15, 0.2) is 5.76 Å². The van der Waals surface area contributed by atoms with Crippen molar-refractivity contribution in [1.29, 1.82) is 0 Å². The van der Waals surface area contributed by atoms with Crippen LogP contribution in [0, 0.1) is 5.82 Å². The average molecular weight is 422 g/mol. The zero-order valence-corrected chi connectivity index (χ0v) is 16.7. The Morgan fingerprint density at radius 3 is 2.73 bits per heavy atom. The largest absolute Gasteiger partial charge is 0.478 e. The van der Waals surface area contributed by atoms with Crippen LogP contribution >= 0.6 is 11.6 Å². The van der Waals surface area contributed by atoms with Crippen molar-refractivity contribution in [1.82, 2.24) is 4.90 Å². The second kappa shape index (κ2) is 7.59. The van der Waals surface area contributed by atoms with Crippen molar-refractivity contribution in [3.8, 4) is 11.5 Å². The summed E-state index contributed by atoms with van der Waals surface area (Å²) in [7, 11) is 0. The summed E-state index contributed by atoms with van der Waals surface area (Å²) in [6.45, 7) is 1.70. The van der Waals surface area contributed by atoms with Gasteiger partial charge in [0.1, 0.15) is 24.0 Å². The Hall–Kier alpha value is -3.15. The maximum Gasteiger partial charge on any atom is 0.231 e. The van der Waals surface area contributed by atoms with Crippen molar-refractivity contribution in [2.75, 3.05) is 6.73 Å². The first-order chi connectivity index (χ1) is 14.6. The topological polar surface area (TPSA) is 38.8 Å². The van der Waals surface area contributed by atoms with E-state index < -0.39 is 0 Å². The van der Waals surface area contributed by atoms with E-state index in [-0.39, 0.29) is 17.4 Å². The molecule has 30 heavy (non-hydrogen) atoms. The Balaban J connectivity index is 1.42. The molecule has 3 aromatic rings. The monoisotopic (exact) mass is 421 g/mol. The van der Waals surface area contributed by atoms with Crippen molar-refractivity contribution >= 4 is 23.5 Å². The molecule has 5 rings (SSSR count). The molecule has 0 atom stereocenters. The van der Waals surface area contributed by atoms with E-state index in [4.69, 9.17) is 21.1 Å². The molecule has 0 aromatic heterocycles. The van der Waals surface area contributed by atoms with E-state index in [2.05, 4.69) is 4.90 Å². The first-order valence-electron chi connectivity index (χ1n) is 9.52. The van der Waals surface area contributed by atoms with Crippen LogP contribution in [0.15, 0.2) is 66.4 Å². The highest BCUT2D eigenvalue weighted by Gasteiger charge is 2.33. The smallest absolute Gasteiger partial charge is 0.231 e. The fourth-order valence-electron chi connectivity index (χ4n) is 3.70. The molecule has 0 fully saturated rings. The number of ether oxygens (including phenoxy) is 2. The second-order valence-electron chi connectivity index (χ2n) is 7.30. The summed E-state index contributed by atoms with van der Waals surface area (Å²) in [6, 6.07) is 17.2. The Morgan fingerprint density at radius 1 is 1.10 bits per heavy atom. The van der Waals surface area contributed by atoms with E-state index in [0.29, 0.717) is 47.5 Å². The van der Waals surface area contributed by atoms with Gasteiger partial charge < -0.3 is 9.47 Å². The number of nitrogens with zero attached hydrogens (tertiary/aromatic N) is 1. The molecule has 0 radical (unpaired) electrons. The van der Waals surface area contributed by atoms with Crippen LogP contribution in [-0.2, 0) is 13.1 Å². The third-order valence-electron chi connectivity index (χ3n) is 5.15. The predicted octanol–water partition coefficient (Wildman–Crippen LogP) is 5.45. The zero-order valence-electron chi connectivity index (χ0n) is 15.9. The van der Waals surface area contributed by atoms with Crippen molar-refractivity contribution in [2.24, 2.45) is 0 Å². The van der Waals surface area contributed by atoms with Gasteiger partial charge >= 0.3 is 0 Å². The van der Waals surface area contributed by atoms with Gasteiger partial charge in [-0.2, -0.15) is 0 Å². The van der Waals surface area contributed by atoms with Gasteiger partial charge in [0.2, 0.25) is 5.78 Å². The summed E-state index contributed by atoms with van der Waals surface area (Å²) < 4.78 is 25.3.